The minimum Gasteiger partial charge on any atom is -0.494 e. The van der Waals surface area contributed by atoms with Crippen LogP contribution < -0.4 is 9.47 Å². The second-order valence-corrected chi connectivity index (χ2v) is 7.86. The number of rotatable bonds is 15. The van der Waals surface area contributed by atoms with Crippen molar-refractivity contribution in [2.24, 2.45) is 0 Å². The van der Waals surface area contributed by atoms with Crippen molar-refractivity contribution in [2.45, 2.75) is 77.4 Å². The Hall–Kier alpha value is -2.04. The highest BCUT2D eigenvalue weighted by molar-refractivity contribution is 5.29. The summed E-state index contributed by atoms with van der Waals surface area (Å²) in [5.74, 6) is 1.70. The van der Waals surface area contributed by atoms with Gasteiger partial charge in [0.25, 0.3) is 0 Å². The first-order valence-corrected chi connectivity index (χ1v) is 11.5. The predicted molar refractivity (Wildman–Crippen MR) is 122 cm³/mol. The molecule has 4 heteroatoms. The van der Waals surface area contributed by atoms with Gasteiger partial charge in [-0.25, -0.2) is 0 Å². The van der Waals surface area contributed by atoms with Crippen LogP contribution in [0.4, 0.5) is 0 Å². The summed E-state index contributed by atoms with van der Waals surface area (Å²) in [6, 6.07) is 15.4. The first-order chi connectivity index (χ1) is 14.6. The smallest absolute Gasteiger partial charge is 0.119 e. The van der Waals surface area contributed by atoms with E-state index in [1.54, 1.807) is 0 Å². The third kappa shape index (κ3) is 8.76. The molecule has 2 unspecified atom stereocenters. The zero-order valence-corrected chi connectivity index (χ0v) is 18.6. The summed E-state index contributed by atoms with van der Waals surface area (Å²) in [5.41, 5.74) is 1.83. The molecular formula is C26H38O4. The molecule has 0 saturated heterocycles. The van der Waals surface area contributed by atoms with Crippen molar-refractivity contribution < 1.29 is 19.7 Å². The quantitative estimate of drug-likeness (QED) is 0.332. The minimum atomic E-state index is -0.480. The Kier molecular flexibility index (Phi) is 11.3. The summed E-state index contributed by atoms with van der Waals surface area (Å²) in [6.07, 6.45) is 6.48. The zero-order chi connectivity index (χ0) is 21.6. The number of ether oxygens (including phenoxy) is 2. The fourth-order valence-electron chi connectivity index (χ4n) is 3.25. The molecule has 166 valence electrons. The first kappa shape index (κ1) is 24.2. The van der Waals surface area contributed by atoms with Crippen LogP contribution in [0.15, 0.2) is 48.5 Å². The fraction of sp³-hybridized carbons (Fsp3) is 0.538. The van der Waals surface area contributed by atoms with Crippen LogP contribution in [0.2, 0.25) is 0 Å². The van der Waals surface area contributed by atoms with E-state index in [0.29, 0.717) is 12.8 Å². The second kappa shape index (κ2) is 14.1. The predicted octanol–water partition coefficient (Wildman–Crippen LogP) is 6.37. The molecule has 0 aliphatic carbocycles. The molecule has 0 fully saturated rings. The maximum atomic E-state index is 10.4. The molecule has 2 rings (SSSR count). The molecule has 0 bridgehead atoms. The largest absolute Gasteiger partial charge is 0.494 e. The molecule has 0 amide bonds. The van der Waals surface area contributed by atoms with Gasteiger partial charge in [-0.1, -0.05) is 63.8 Å². The van der Waals surface area contributed by atoms with Crippen molar-refractivity contribution in [3.8, 4) is 11.5 Å². The van der Waals surface area contributed by atoms with Gasteiger partial charge in [0.05, 0.1) is 25.4 Å². The number of hydrogen-bond donors (Lipinski definition) is 2. The normalized spacial score (nSPS) is 13.1. The van der Waals surface area contributed by atoms with E-state index >= 15 is 0 Å². The zero-order valence-electron chi connectivity index (χ0n) is 18.6. The third-order valence-corrected chi connectivity index (χ3v) is 5.27. The molecule has 2 atom stereocenters. The monoisotopic (exact) mass is 414 g/mol. The van der Waals surface area contributed by atoms with Gasteiger partial charge in [-0.3, -0.25) is 0 Å². The third-order valence-electron chi connectivity index (χ3n) is 5.27. The Bertz CT molecular complexity index is 620. The van der Waals surface area contributed by atoms with E-state index in [1.165, 1.54) is 0 Å². The van der Waals surface area contributed by atoms with Gasteiger partial charge in [0.1, 0.15) is 11.5 Å². The molecule has 0 heterocycles. The number of aliphatic hydroxyl groups excluding tert-OH is 2. The lowest BCUT2D eigenvalue weighted by Gasteiger charge is -2.14. The molecule has 4 nitrogen and oxygen atoms in total. The number of hydrogen-bond acceptors (Lipinski definition) is 4. The maximum Gasteiger partial charge on any atom is 0.119 e. The lowest BCUT2D eigenvalue weighted by molar-refractivity contribution is 0.146. The molecule has 0 aliphatic rings. The highest BCUT2D eigenvalue weighted by Gasteiger charge is 2.10. The van der Waals surface area contributed by atoms with Crippen molar-refractivity contribution in [3.63, 3.8) is 0 Å². The summed E-state index contributed by atoms with van der Waals surface area (Å²) >= 11 is 0. The van der Waals surface area contributed by atoms with Gasteiger partial charge in [-0.05, 0) is 61.1 Å². The molecule has 0 aromatic heterocycles. The Morgan fingerprint density at radius 1 is 0.600 bits per heavy atom. The molecular weight excluding hydrogens is 376 g/mol. The summed E-state index contributed by atoms with van der Waals surface area (Å²) in [6.45, 7) is 5.74. The van der Waals surface area contributed by atoms with Crippen molar-refractivity contribution in [1.29, 1.82) is 0 Å². The SMILES string of the molecule is CCCCOc1ccc(C(O)CCCCC(O)c2ccc(OCCCC)cc2)cc1. The molecule has 2 aromatic carbocycles. The van der Waals surface area contributed by atoms with E-state index in [2.05, 4.69) is 13.8 Å². The van der Waals surface area contributed by atoms with E-state index in [1.807, 2.05) is 48.5 Å². The summed E-state index contributed by atoms with van der Waals surface area (Å²) < 4.78 is 11.3. The maximum absolute atomic E-state index is 10.4. The summed E-state index contributed by atoms with van der Waals surface area (Å²) in [5, 5.41) is 20.8. The van der Waals surface area contributed by atoms with Gasteiger partial charge < -0.3 is 19.7 Å². The lowest BCUT2D eigenvalue weighted by atomic mass is 9.99. The van der Waals surface area contributed by atoms with Crippen LogP contribution in [-0.2, 0) is 0 Å². The molecule has 0 radical (unpaired) electrons. The minimum absolute atomic E-state index is 0.480. The van der Waals surface area contributed by atoms with Crippen LogP contribution in [0.1, 0.15) is 88.5 Å². The van der Waals surface area contributed by atoms with E-state index in [4.69, 9.17) is 9.47 Å². The van der Waals surface area contributed by atoms with Crippen molar-refractivity contribution in [3.05, 3.63) is 59.7 Å². The average Bonchev–Trinajstić information content (AvgIpc) is 2.77. The van der Waals surface area contributed by atoms with Crippen LogP contribution >= 0.6 is 0 Å². The number of aliphatic hydroxyl groups is 2. The van der Waals surface area contributed by atoms with Crippen molar-refractivity contribution in [2.75, 3.05) is 13.2 Å². The summed E-state index contributed by atoms with van der Waals surface area (Å²) in [7, 11) is 0. The van der Waals surface area contributed by atoms with Gasteiger partial charge in [0.15, 0.2) is 0 Å². The molecule has 2 aromatic rings. The first-order valence-electron chi connectivity index (χ1n) is 11.5. The van der Waals surface area contributed by atoms with Crippen LogP contribution in [0.3, 0.4) is 0 Å². The number of unbranched alkanes of at least 4 members (excludes halogenated alkanes) is 3. The van der Waals surface area contributed by atoms with Crippen LogP contribution in [0.25, 0.3) is 0 Å². The van der Waals surface area contributed by atoms with Gasteiger partial charge in [0.2, 0.25) is 0 Å². The van der Waals surface area contributed by atoms with Crippen molar-refractivity contribution in [1.82, 2.24) is 0 Å². The Morgan fingerprint density at radius 2 is 0.967 bits per heavy atom. The molecule has 0 aliphatic heterocycles. The van der Waals surface area contributed by atoms with E-state index in [-0.39, 0.29) is 0 Å². The fourth-order valence-corrected chi connectivity index (χ4v) is 3.25. The van der Waals surface area contributed by atoms with Crippen molar-refractivity contribution >= 4 is 0 Å². The van der Waals surface area contributed by atoms with E-state index < -0.39 is 12.2 Å². The highest BCUT2D eigenvalue weighted by Crippen LogP contribution is 2.26. The Morgan fingerprint density at radius 3 is 1.30 bits per heavy atom. The Labute approximate surface area is 181 Å². The molecule has 0 saturated carbocycles. The summed E-state index contributed by atoms with van der Waals surface area (Å²) in [4.78, 5) is 0. The van der Waals surface area contributed by atoms with Gasteiger partial charge in [0, 0.05) is 0 Å². The molecule has 0 spiro atoms. The lowest BCUT2D eigenvalue weighted by Crippen LogP contribution is -2.01. The van der Waals surface area contributed by atoms with E-state index in [0.717, 1.165) is 74.4 Å². The highest BCUT2D eigenvalue weighted by atomic mass is 16.5. The van der Waals surface area contributed by atoms with Gasteiger partial charge >= 0.3 is 0 Å². The Balaban J connectivity index is 1.67. The number of benzene rings is 2. The molecule has 2 N–H and O–H groups in total. The van der Waals surface area contributed by atoms with Crippen LogP contribution in [0, 0.1) is 0 Å². The van der Waals surface area contributed by atoms with Crippen LogP contribution in [-0.4, -0.2) is 23.4 Å². The standard InChI is InChI=1S/C26H38O4/c1-3-5-19-29-23-15-11-21(12-16-23)25(27)9-7-8-10-26(28)22-13-17-24(18-14-22)30-20-6-4-2/h11-18,25-28H,3-10,19-20H2,1-2H3. The molecule has 30 heavy (non-hydrogen) atoms. The van der Waals surface area contributed by atoms with Gasteiger partial charge in [-0.2, -0.15) is 0 Å². The van der Waals surface area contributed by atoms with Gasteiger partial charge in [-0.15, -0.1) is 0 Å². The van der Waals surface area contributed by atoms with E-state index in [9.17, 15) is 10.2 Å². The van der Waals surface area contributed by atoms with Crippen LogP contribution in [0.5, 0.6) is 11.5 Å². The average molecular weight is 415 g/mol. The topological polar surface area (TPSA) is 58.9 Å². The second-order valence-electron chi connectivity index (χ2n) is 7.86.